The van der Waals surface area contributed by atoms with E-state index in [2.05, 4.69) is 41.5 Å². The fraction of sp³-hybridized carbons (Fsp3) is 0.609. The van der Waals surface area contributed by atoms with Gasteiger partial charge in [0.15, 0.2) is 6.54 Å². The molecule has 1 atom stereocenters. The number of hydrogen-bond donors (Lipinski definition) is 1. The van der Waals surface area contributed by atoms with Gasteiger partial charge in [0.05, 0.1) is 19.1 Å². The van der Waals surface area contributed by atoms with Gasteiger partial charge >= 0.3 is 0 Å². The summed E-state index contributed by atoms with van der Waals surface area (Å²) in [7, 11) is 0. The van der Waals surface area contributed by atoms with Crippen LogP contribution >= 0.6 is 0 Å². The number of nitrogens with one attached hydrogen (secondary N) is 1. The van der Waals surface area contributed by atoms with Gasteiger partial charge in [0, 0.05) is 29.7 Å². The molecule has 0 saturated carbocycles. The monoisotopic (exact) mass is 366 g/mol. The summed E-state index contributed by atoms with van der Waals surface area (Å²) in [6.07, 6.45) is 6.02. The summed E-state index contributed by atoms with van der Waals surface area (Å²) >= 11 is 0. The standard InChI is InChI=1S/C23H31N3O/c1-16-8-10-24(11-9-16)15-22(27)25-12-13-26-20-7-6-17(2)14-19(20)18-4-3-5-21(25)23(18)26/h6-7,14,16,21H,3-5,8-13,15H2,1-2H3/p+1/t21-/m1/s1. The second-order valence-electron chi connectivity index (χ2n) is 9.14. The van der Waals surface area contributed by atoms with Crippen molar-refractivity contribution in [1.82, 2.24) is 9.47 Å². The van der Waals surface area contributed by atoms with Crippen LogP contribution in [0.15, 0.2) is 18.2 Å². The summed E-state index contributed by atoms with van der Waals surface area (Å²) in [5, 5.41) is 1.43. The molecule has 27 heavy (non-hydrogen) atoms. The molecule has 0 unspecified atom stereocenters. The van der Waals surface area contributed by atoms with Crippen molar-refractivity contribution >= 4 is 16.8 Å². The fourth-order valence-electron chi connectivity index (χ4n) is 5.68. The highest BCUT2D eigenvalue weighted by atomic mass is 16.2. The Morgan fingerprint density at radius 1 is 1.19 bits per heavy atom. The molecule has 2 aliphatic heterocycles. The number of hydrogen-bond acceptors (Lipinski definition) is 1. The van der Waals surface area contributed by atoms with Crippen LogP contribution in [0.4, 0.5) is 0 Å². The van der Waals surface area contributed by atoms with Gasteiger partial charge in [0.25, 0.3) is 5.91 Å². The molecule has 1 saturated heterocycles. The summed E-state index contributed by atoms with van der Waals surface area (Å²) in [5.41, 5.74) is 5.67. The third-order valence-corrected chi connectivity index (χ3v) is 7.23. The minimum Gasteiger partial charge on any atom is -0.341 e. The van der Waals surface area contributed by atoms with Crippen LogP contribution in [0, 0.1) is 12.8 Å². The minimum absolute atomic E-state index is 0.297. The molecule has 0 spiro atoms. The minimum atomic E-state index is 0.297. The lowest BCUT2D eigenvalue weighted by Gasteiger charge is -2.40. The average Bonchev–Trinajstić information content (AvgIpc) is 2.99. The van der Waals surface area contributed by atoms with Gasteiger partial charge < -0.3 is 14.4 Å². The van der Waals surface area contributed by atoms with Crippen molar-refractivity contribution in [3.05, 3.63) is 35.0 Å². The number of quaternary nitrogens is 1. The van der Waals surface area contributed by atoms with E-state index in [-0.39, 0.29) is 0 Å². The molecule has 5 rings (SSSR count). The molecule has 0 bridgehead atoms. The molecule has 144 valence electrons. The molecular weight excluding hydrogens is 334 g/mol. The summed E-state index contributed by atoms with van der Waals surface area (Å²) in [5.74, 6) is 1.21. The summed E-state index contributed by atoms with van der Waals surface area (Å²) in [6.45, 7) is 9.36. The van der Waals surface area contributed by atoms with Crippen molar-refractivity contribution in [3.8, 4) is 0 Å². The number of amides is 1. The molecule has 1 aliphatic carbocycles. The first-order valence-corrected chi connectivity index (χ1v) is 10.9. The Labute approximate surface area is 162 Å². The molecule has 3 aliphatic rings. The molecule has 1 amide bonds. The average molecular weight is 367 g/mol. The van der Waals surface area contributed by atoms with Crippen molar-refractivity contribution in [2.24, 2.45) is 5.92 Å². The van der Waals surface area contributed by atoms with Crippen LogP contribution in [0.5, 0.6) is 0 Å². The van der Waals surface area contributed by atoms with Crippen molar-refractivity contribution in [1.29, 1.82) is 0 Å². The predicted molar refractivity (Wildman–Crippen MR) is 108 cm³/mol. The summed E-state index contributed by atoms with van der Waals surface area (Å²) in [4.78, 5) is 17.0. The number of aryl methyl sites for hydroxylation is 2. The van der Waals surface area contributed by atoms with E-state index in [9.17, 15) is 4.79 Å². The van der Waals surface area contributed by atoms with E-state index in [1.807, 2.05) is 0 Å². The lowest BCUT2D eigenvalue weighted by atomic mass is 9.89. The summed E-state index contributed by atoms with van der Waals surface area (Å²) < 4.78 is 2.52. The number of carbonyl (C=O) groups is 1. The van der Waals surface area contributed by atoms with Gasteiger partial charge in [-0.05, 0) is 62.6 Å². The van der Waals surface area contributed by atoms with E-state index in [0.29, 0.717) is 18.5 Å². The Morgan fingerprint density at radius 2 is 2.00 bits per heavy atom. The number of nitrogens with zero attached hydrogens (tertiary/aromatic N) is 2. The highest BCUT2D eigenvalue weighted by molar-refractivity contribution is 5.87. The highest BCUT2D eigenvalue weighted by Crippen LogP contribution is 2.42. The second-order valence-corrected chi connectivity index (χ2v) is 9.14. The summed E-state index contributed by atoms with van der Waals surface area (Å²) in [6, 6.07) is 7.16. The van der Waals surface area contributed by atoms with E-state index in [0.717, 1.165) is 44.9 Å². The SMILES string of the molecule is Cc1ccc2c(c1)c1c3n2CCN(C(=O)C[NH+]2CCC(C)CC2)[C@@H]3CCC1. The Kier molecular flexibility index (Phi) is 4.27. The maximum absolute atomic E-state index is 13.2. The largest absolute Gasteiger partial charge is 0.341 e. The van der Waals surface area contributed by atoms with Gasteiger partial charge in [0.2, 0.25) is 0 Å². The first kappa shape index (κ1) is 17.3. The molecule has 1 N–H and O–H groups in total. The highest BCUT2D eigenvalue weighted by Gasteiger charge is 2.38. The maximum atomic E-state index is 13.2. The van der Waals surface area contributed by atoms with Crippen LogP contribution in [0.2, 0.25) is 0 Å². The number of piperidine rings is 1. The molecule has 1 fully saturated rings. The number of fused-ring (bicyclic) bond motifs is 3. The predicted octanol–water partition coefficient (Wildman–Crippen LogP) is 2.48. The van der Waals surface area contributed by atoms with Crippen LogP contribution in [0.25, 0.3) is 10.9 Å². The van der Waals surface area contributed by atoms with E-state index >= 15 is 0 Å². The third-order valence-electron chi connectivity index (χ3n) is 7.23. The van der Waals surface area contributed by atoms with E-state index in [1.54, 1.807) is 0 Å². The van der Waals surface area contributed by atoms with E-state index in [4.69, 9.17) is 0 Å². The maximum Gasteiger partial charge on any atom is 0.278 e. The zero-order valence-corrected chi connectivity index (χ0v) is 16.8. The molecule has 2 aromatic rings. The van der Waals surface area contributed by atoms with Crippen LogP contribution in [0.1, 0.15) is 55.5 Å². The Balaban J connectivity index is 1.44. The van der Waals surface area contributed by atoms with Crippen LogP contribution in [-0.4, -0.2) is 41.6 Å². The van der Waals surface area contributed by atoms with Gasteiger partial charge in [-0.25, -0.2) is 0 Å². The number of likely N-dealkylation sites (tertiary alicyclic amines) is 1. The van der Waals surface area contributed by atoms with Gasteiger partial charge in [-0.3, -0.25) is 4.79 Å². The van der Waals surface area contributed by atoms with Crippen LogP contribution in [0.3, 0.4) is 0 Å². The van der Waals surface area contributed by atoms with Crippen molar-refractivity contribution in [2.45, 2.75) is 58.5 Å². The normalized spacial score (nSPS) is 27.6. The van der Waals surface area contributed by atoms with Gasteiger partial charge in [0.1, 0.15) is 0 Å². The van der Waals surface area contributed by atoms with Gasteiger partial charge in [-0.2, -0.15) is 0 Å². The zero-order valence-electron chi connectivity index (χ0n) is 16.8. The Bertz CT molecular complexity index is 875. The molecule has 1 aromatic carbocycles. The van der Waals surface area contributed by atoms with E-state index in [1.165, 1.54) is 51.9 Å². The third kappa shape index (κ3) is 2.89. The Morgan fingerprint density at radius 3 is 2.81 bits per heavy atom. The van der Waals surface area contributed by atoms with Crippen molar-refractivity contribution in [3.63, 3.8) is 0 Å². The van der Waals surface area contributed by atoms with Crippen LogP contribution < -0.4 is 4.90 Å². The molecular formula is C23H32N3O+. The van der Waals surface area contributed by atoms with Crippen molar-refractivity contribution < 1.29 is 9.69 Å². The van der Waals surface area contributed by atoms with Gasteiger partial charge in [-0.15, -0.1) is 0 Å². The molecule has 4 heteroatoms. The number of rotatable bonds is 2. The topological polar surface area (TPSA) is 29.7 Å². The smallest absolute Gasteiger partial charge is 0.278 e. The molecule has 0 radical (unpaired) electrons. The first-order valence-electron chi connectivity index (χ1n) is 10.9. The Hall–Kier alpha value is -1.81. The molecule has 3 heterocycles. The van der Waals surface area contributed by atoms with Crippen LogP contribution in [-0.2, 0) is 17.8 Å². The van der Waals surface area contributed by atoms with E-state index < -0.39 is 0 Å². The molecule has 1 aromatic heterocycles. The van der Waals surface area contributed by atoms with Crippen molar-refractivity contribution in [2.75, 3.05) is 26.2 Å². The lowest BCUT2D eigenvalue weighted by Crippen LogP contribution is -3.14. The van der Waals surface area contributed by atoms with Gasteiger partial charge in [-0.1, -0.05) is 18.6 Å². The molecule has 4 nitrogen and oxygen atoms in total. The fourth-order valence-corrected chi connectivity index (χ4v) is 5.68. The number of benzene rings is 1. The second kappa shape index (κ2) is 6.66. The number of carbonyl (C=O) groups excluding carboxylic acids is 1. The zero-order chi connectivity index (χ0) is 18.5. The first-order chi connectivity index (χ1) is 13.1. The lowest BCUT2D eigenvalue weighted by molar-refractivity contribution is -0.898. The number of aromatic nitrogens is 1. The quantitative estimate of drug-likeness (QED) is 0.869.